The lowest BCUT2D eigenvalue weighted by Gasteiger charge is -2.36. The van der Waals surface area contributed by atoms with E-state index in [-0.39, 0.29) is 23.9 Å². The summed E-state index contributed by atoms with van der Waals surface area (Å²) in [4.78, 5) is 35.2. The second-order valence-corrected chi connectivity index (χ2v) is 12.2. The molecule has 0 aliphatic carbocycles. The number of hydrogen-bond acceptors (Lipinski definition) is 6. The Morgan fingerprint density at radius 3 is 1.50 bits per heavy atom. The van der Waals surface area contributed by atoms with Crippen molar-refractivity contribution in [3.63, 3.8) is 0 Å². The van der Waals surface area contributed by atoms with E-state index in [0.717, 1.165) is 70.2 Å². The highest BCUT2D eigenvalue weighted by Crippen LogP contribution is 2.53. The topological polar surface area (TPSA) is 65.6 Å². The van der Waals surface area contributed by atoms with E-state index in [9.17, 15) is 9.59 Å². The van der Waals surface area contributed by atoms with E-state index in [1.807, 2.05) is 48.2 Å². The first-order chi connectivity index (χ1) is 18.4. The largest absolute Gasteiger partial charge is 0.489 e. The summed E-state index contributed by atoms with van der Waals surface area (Å²) in [5, 5.41) is 0. The Hall–Kier alpha value is -2.14. The van der Waals surface area contributed by atoms with Crippen molar-refractivity contribution in [1.82, 2.24) is 9.80 Å². The fourth-order valence-electron chi connectivity index (χ4n) is 6.26. The van der Waals surface area contributed by atoms with Crippen LogP contribution in [-0.2, 0) is 9.59 Å². The van der Waals surface area contributed by atoms with Crippen molar-refractivity contribution in [3.8, 4) is 22.6 Å². The number of carbonyl (C=O) groups excluding carboxylic acids is 2. The Morgan fingerprint density at radius 1 is 0.711 bits per heavy atom. The van der Waals surface area contributed by atoms with Gasteiger partial charge in [0.2, 0.25) is 11.8 Å². The van der Waals surface area contributed by atoms with Gasteiger partial charge >= 0.3 is 0 Å². The van der Waals surface area contributed by atoms with Gasteiger partial charge in [0.1, 0.15) is 13.2 Å². The van der Waals surface area contributed by atoms with E-state index in [0.29, 0.717) is 37.8 Å². The minimum absolute atomic E-state index is 0.110. The maximum Gasteiger partial charge on any atom is 0.244 e. The van der Waals surface area contributed by atoms with Crippen LogP contribution in [0.4, 0.5) is 11.4 Å². The molecule has 4 aliphatic heterocycles. The zero-order chi connectivity index (χ0) is 26.6. The molecule has 4 heterocycles. The van der Waals surface area contributed by atoms with E-state index < -0.39 is 0 Å². The normalized spacial score (nSPS) is 23.6. The van der Waals surface area contributed by atoms with Crippen molar-refractivity contribution in [2.75, 3.05) is 63.3 Å². The van der Waals surface area contributed by atoms with E-state index in [1.54, 1.807) is 0 Å². The molecule has 4 aliphatic rings. The van der Waals surface area contributed by atoms with Crippen LogP contribution in [0.1, 0.15) is 25.7 Å². The molecule has 2 aromatic rings. The van der Waals surface area contributed by atoms with Crippen LogP contribution in [0.2, 0.25) is 0 Å². The van der Waals surface area contributed by atoms with Gasteiger partial charge in [-0.3, -0.25) is 19.4 Å². The van der Waals surface area contributed by atoms with Gasteiger partial charge in [0.05, 0.1) is 36.5 Å². The maximum absolute atomic E-state index is 13.6. The number of rotatable bonds is 3. The lowest BCUT2D eigenvalue weighted by atomic mass is 9.99. The van der Waals surface area contributed by atoms with Gasteiger partial charge in [-0.15, -0.1) is 0 Å². The third-order valence-corrected chi connectivity index (χ3v) is 9.59. The molecule has 38 heavy (non-hydrogen) atoms. The molecular weight excluding hydrogens is 616 g/mol. The summed E-state index contributed by atoms with van der Waals surface area (Å²) in [6, 6.07) is 7.61. The molecule has 0 bridgehead atoms. The molecule has 2 amide bonds. The molecular formula is C28H32Br2N4O4. The van der Waals surface area contributed by atoms with Crippen LogP contribution in [0, 0.1) is 0 Å². The molecule has 6 rings (SSSR count). The first-order valence-corrected chi connectivity index (χ1v) is 14.9. The second kappa shape index (κ2) is 10.4. The van der Waals surface area contributed by atoms with Crippen LogP contribution >= 0.6 is 31.9 Å². The lowest BCUT2D eigenvalue weighted by molar-refractivity contribution is -0.123. The quantitative estimate of drug-likeness (QED) is 0.488. The number of benzene rings is 2. The summed E-state index contributed by atoms with van der Waals surface area (Å²) in [5.74, 6) is 1.53. The number of halogens is 2. The molecule has 0 radical (unpaired) electrons. The number of amides is 2. The summed E-state index contributed by atoms with van der Waals surface area (Å²) in [7, 11) is 4.04. The van der Waals surface area contributed by atoms with Crippen LogP contribution in [0.5, 0.6) is 11.5 Å². The zero-order valence-corrected chi connectivity index (χ0v) is 24.9. The summed E-state index contributed by atoms with van der Waals surface area (Å²) in [6.07, 6.45) is 3.80. The number of ether oxygens (including phenoxy) is 2. The third kappa shape index (κ3) is 4.33. The number of anilines is 2. The minimum Gasteiger partial charge on any atom is -0.489 e. The van der Waals surface area contributed by atoms with Crippen LogP contribution in [-0.4, -0.2) is 87.2 Å². The number of likely N-dealkylation sites (tertiary alicyclic amines) is 2. The fraction of sp³-hybridized carbons (Fsp3) is 0.500. The van der Waals surface area contributed by atoms with Gasteiger partial charge in [-0.1, -0.05) is 31.9 Å². The van der Waals surface area contributed by atoms with E-state index >= 15 is 0 Å². The van der Waals surface area contributed by atoms with Gasteiger partial charge in [0.25, 0.3) is 0 Å². The number of fused-ring (bicyclic) bond motifs is 2. The number of hydrogen-bond donors (Lipinski definition) is 0. The smallest absolute Gasteiger partial charge is 0.244 e. The lowest BCUT2D eigenvalue weighted by Crippen LogP contribution is -2.47. The first-order valence-electron chi connectivity index (χ1n) is 13.3. The number of carbonyl (C=O) groups is 2. The minimum atomic E-state index is -0.110. The standard InChI is InChI=1S/C28H32Br2N4O4/c1-31-11-3-5-21(31)27(35)33-13-15-37-25-19(33)9-7-17(29)23(25)24-18(30)8-10-20-26(24)38-16-14-34(20)28(36)22-6-4-12-32(22)2/h7-10,21-22H,3-6,11-16H2,1-2H3/t21-,22-/m0/s1. The van der Waals surface area contributed by atoms with Crippen LogP contribution in [0.15, 0.2) is 33.2 Å². The Kier molecular flexibility index (Phi) is 7.17. The third-order valence-electron chi connectivity index (χ3n) is 8.27. The van der Waals surface area contributed by atoms with Gasteiger partial charge in [-0.05, 0) is 77.1 Å². The Bertz CT molecular complexity index is 1190. The second-order valence-electron chi connectivity index (χ2n) is 10.5. The van der Waals surface area contributed by atoms with Crippen molar-refractivity contribution >= 4 is 55.0 Å². The van der Waals surface area contributed by atoms with Gasteiger partial charge < -0.3 is 19.3 Å². The monoisotopic (exact) mass is 646 g/mol. The molecule has 0 spiro atoms. The molecule has 2 fully saturated rings. The maximum atomic E-state index is 13.6. The van der Waals surface area contributed by atoms with Crippen LogP contribution in [0.25, 0.3) is 11.1 Å². The number of likely N-dealkylation sites (N-methyl/N-ethyl adjacent to an activating group) is 2. The average Bonchev–Trinajstić information content (AvgIpc) is 3.55. The van der Waals surface area contributed by atoms with Crippen molar-refractivity contribution in [3.05, 3.63) is 33.2 Å². The Labute approximate surface area is 240 Å². The highest BCUT2D eigenvalue weighted by molar-refractivity contribution is 9.11. The fourth-order valence-corrected chi connectivity index (χ4v) is 7.28. The average molecular weight is 648 g/mol. The molecule has 2 atom stereocenters. The molecule has 0 saturated carbocycles. The van der Waals surface area contributed by atoms with Crippen LogP contribution < -0.4 is 19.3 Å². The first kappa shape index (κ1) is 26.1. The zero-order valence-electron chi connectivity index (χ0n) is 21.7. The molecule has 10 heteroatoms. The van der Waals surface area contributed by atoms with E-state index in [2.05, 4.69) is 41.7 Å². The van der Waals surface area contributed by atoms with E-state index in [1.165, 1.54) is 0 Å². The predicted molar refractivity (Wildman–Crippen MR) is 154 cm³/mol. The molecule has 0 N–H and O–H groups in total. The van der Waals surface area contributed by atoms with Gasteiger partial charge in [0.15, 0.2) is 11.5 Å². The Morgan fingerprint density at radius 2 is 1.13 bits per heavy atom. The van der Waals surface area contributed by atoms with E-state index in [4.69, 9.17) is 9.47 Å². The van der Waals surface area contributed by atoms with Crippen molar-refractivity contribution in [2.45, 2.75) is 37.8 Å². The van der Waals surface area contributed by atoms with Crippen LogP contribution in [0.3, 0.4) is 0 Å². The molecule has 8 nitrogen and oxygen atoms in total. The Balaban J connectivity index is 1.44. The highest BCUT2D eigenvalue weighted by Gasteiger charge is 2.38. The highest BCUT2D eigenvalue weighted by atomic mass is 79.9. The SMILES string of the molecule is CN1CCC[C@H]1C(=O)N1CCOc2c1ccc(Br)c2-c1c(Br)ccc2c1OCCN2C(=O)[C@@H]1CCCN1C. The van der Waals surface area contributed by atoms with Crippen molar-refractivity contribution < 1.29 is 19.1 Å². The van der Waals surface area contributed by atoms with Gasteiger partial charge in [0, 0.05) is 20.1 Å². The van der Waals surface area contributed by atoms with Gasteiger partial charge in [-0.25, -0.2) is 0 Å². The summed E-state index contributed by atoms with van der Waals surface area (Å²) >= 11 is 7.51. The molecule has 2 saturated heterocycles. The molecule has 0 aromatic heterocycles. The van der Waals surface area contributed by atoms with Crippen molar-refractivity contribution in [1.29, 1.82) is 0 Å². The molecule has 202 valence electrons. The molecule has 0 unspecified atom stereocenters. The predicted octanol–water partition coefficient (Wildman–Crippen LogP) is 4.52. The number of nitrogens with zero attached hydrogens (tertiary/aromatic N) is 4. The van der Waals surface area contributed by atoms with Crippen molar-refractivity contribution in [2.24, 2.45) is 0 Å². The summed E-state index contributed by atoms with van der Waals surface area (Å²) in [5.41, 5.74) is 3.16. The summed E-state index contributed by atoms with van der Waals surface area (Å²) in [6.45, 7) is 3.71. The van der Waals surface area contributed by atoms with Gasteiger partial charge in [-0.2, -0.15) is 0 Å². The molecule has 2 aromatic carbocycles. The summed E-state index contributed by atoms with van der Waals surface area (Å²) < 4.78 is 14.2.